The average molecular weight is 528 g/mol. The van der Waals surface area contributed by atoms with Gasteiger partial charge in [0.05, 0.1) is 6.04 Å². The van der Waals surface area contributed by atoms with Crippen molar-refractivity contribution in [1.82, 2.24) is 16.0 Å². The molecule has 0 saturated heterocycles. The zero-order chi connectivity index (χ0) is 26.4. The molecule has 4 amide bonds. The van der Waals surface area contributed by atoms with E-state index >= 15 is 0 Å². The highest BCUT2D eigenvalue weighted by Crippen LogP contribution is 2.07. The van der Waals surface area contributed by atoms with Crippen LogP contribution in [-0.4, -0.2) is 76.6 Å². The normalized spacial score (nSPS) is 14.1. The molecule has 11 nitrogen and oxygen atoms in total. The molecule has 1 rings (SSSR count). The first-order chi connectivity index (χ1) is 16.6. The van der Waals surface area contributed by atoms with Crippen LogP contribution in [0, 0.1) is 0 Å². The predicted molar refractivity (Wildman–Crippen MR) is 137 cm³/mol. The van der Waals surface area contributed by atoms with Crippen molar-refractivity contribution in [2.24, 2.45) is 11.5 Å². The molecule has 8 N–H and O–H groups in total. The smallest absolute Gasteiger partial charge is 0.327 e. The number of carbonyl (C=O) groups excluding carboxylic acids is 4. The fourth-order valence-corrected chi connectivity index (χ4v) is 3.74. The van der Waals surface area contributed by atoms with Crippen molar-refractivity contribution in [1.29, 1.82) is 0 Å². The van der Waals surface area contributed by atoms with Crippen molar-refractivity contribution in [3.05, 3.63) is 35.9 Å². The molecule has 0 radical (unpaired) electrons. The number of carboxylic acid groups (broad SMARTS) is 1. The Morgan fingerprint density at radius 2 is 1.51 bits per heavy atom. The molecular weight excluding hydrogens is 494 g/mol. The molecule has 0 spiro atoms. The molecule has 1 aromatic rings. The minimum Gasteiger partial charge on any atom is -0.480 e. The van der Waals surface area contributed by atoms with Gasteiger partial charge in [-0.25, -0.2) is 4.79 Å². The van der Waals surface area contributed by atoms with Crippen molar-refractivity contribution >= 4 is 54.0 Å². The fraction of sp³-hybridized carbons (Fsp3) is 0.500. The maximum atomic E-state index is 13.2. The third kappa shape index (κ3) is 11.5. The van der Waals surface area contributed by atoms with Gasteiger partial charge in [-0.2, -0.15) is 24.4 Å². The lowest BCUT2D eigenvalue weighted by Gasteiger charge is -2.25. The largest absolute Gasteiger partial charge is 0.480 e. The molecule has 4 atom stereocenters. The molecule has 0 aliphatic heterocycles. The van der Waals surface area contributed by atoms with E-state index in [1.807, 2.05) is 6.26 Å². The summed E-state index contributed by atoms with van der Waals surface area (Å²) in [6, 6.07) is 4.46. The summed E-state index contributed by atoms with van der Waals surface area (Å²) in [6.07, 6.45) is 2.02. The number of hydrogen-bond acceptors (Lipinski definition) is 8. The zero-order valence-electron chi connectivity index (χ0n) is 19.4. The van der Waals surface area contributed by atoms with Gasteiger partial charge in [-0.15, -0.1) is 0 Å². The van der Waals surface area contributed by atoms with Gasteiger partial charge in [0.1, 0.15) is 18.1 Å². The number of rotatable bonds is 16. The lowest BCUT2D eigenvalue weighted by Crippen LogP contribution is -2.58. The predicted octanol–water partition coefficient (Wildman–Crippen LogP) is -0.956. The van der Waals surface area contributed by atoms with Crippen LogP contribution in [0.5, 0.6) is 0 Å². The van der Waals surface area contributed by atoms with Gasteiger partial charge < -0.3 is 32.5 Å². The first-order valence-corrected chi connectivity index (χ1v) is 12.9. The Bertz CT molecular complexity index is 873. The van der Waals surface area contributed by atoms with Crippen LogP contribution in [-0.2, 0) is 30.4 Å². The van der Waals surface area contributed by atoms with Crippen LogP contribution in [0.4, 0.5) is 0 Å². The summed E-state index contributed by atoms with van der Waals surface area (Å²) in [7, 11) is 0. The van der Waals surface area contributed by atoms with E-state index in [9.17, 15) is 29.1 Å². The van der Waals surface area contributed by atoms with Gasteiger partial charge in [-0.1, -0.05) is 30.3 Å². The molecule has 0 saturated carbocycles. The maximum absolute atomic E-state index is 13.2. The quantitative estimate of drug-likeness (QED) is 0.134. The first-order valence-electron chi connectivity index (χ1n) is 10.9. The number of thioether (sulfide) groups is 1. The number of aliphatic carboxylic acids is 1. The maximum Gasteiger partial charge on any atom is 0.327 e. The van der Waals surface area contributed by atoms with E-state index in [0.717, 1.165) is 5.56 Å². The fourth-order valence-electron chi connectivity index (χ4n) is 3.00. The second-order valence-corrected chi connectivity index (χ2v) is 9.14. The van der Waals surface area contributed by atoms with Gasteiger partial charge in [-0.3, -0.25) is 19.2 Å². The molecule has 0 fully saturated rings. The number of nitrogens with one attached hydrogen (secondary N) is 3. The molecule has 0 aromatic heterocycles. The highest BCUT2D eigenvalue weighted by Gasteiger charge is 2.30. The molecule has 4 unspecified atom stereocenters. The molecule has 1 aromatic carbocycles. The Hall–Kier alpha value is -2.77. The summed E-state index contributed by atoms with van der Waals surface area (Å²) in [4.78, 5) is 61.0. The van der Waals surface area contributed by atoms with Crippen molar-refractivity contribution in [3.63, 3.8) is 0 Å². The molecule has 35 heavy (non-hydrogen) atoms. The minimum atomic E-state index is -1.30. The first kappa shape index (κ1) is 30.3. The van der Waals surface area contributed by atoms with Crippen LogP contribution in [0.2, 0.25) is 0 Å². The molecule has 0 aliphatic rings. The van der Waals surface area contributed by atoms with E-state index in [-0.39, 0.29) is 25.0 Å². The summed E-state index contributed by atoms with van der Waals surface area (Å²) in [6.45, 7) is 0. The Morgan fingerprint density at radius 1 is 0.943 bits per heavy atom. The Kier molecular flexibility index (Phi) is 13.8. The number of carbonyl (C=O) groups is 5. The second kappa shape index (κ2) is 16.0. The third-order valence-electron chi connectivity index (χ3n) is 4.99. The summed E-state index contributed by atoms with van der Waals surface area (Å²) in [5.74, 6) is -3.55. The number of nitrogens with two attached hydrogens (primary N) is 2. The molecule has 0 heterocycles. The number of hydrogen-bond donors (Lipinski definition) is 7. The lowest BCUT2D eigenvalue weighted by molar-refractivity contribution is -0.141. The van der Waals surface area contributed by atoms with Gasteiger partial charge in [0.2, 0.25) is 23.6 Å². The van der Waals surface area contributed by atoms with Crippen molar-refractivity contribution in [2.75, 3.05) is 17.8 Å². The second-order valence-electron chi connectivity index (χ2n) is 7.79. The Labute approximate surface area is 213 Å². The SMILES string of the molecule is CSCCC(N)C(=O)NC(Cc1ccccc1)C(=O)NC(CCC(N)=O)C(=O)NC(CS)C(=O)O. The molecule has 0 aliphatic carbocycles. The van der Waals surface area contributed by atoms with Gasteiger partial charge in [0.15, 0.2) is 0 Å². The van der Waals surface area contributed by atoms with Crippen molar-refractivity contribution in [3.8, 4) is 0 Å². The standard InChI is InChI=1S/C22H33N5O6S2/c1-35-10-9-14(23)19(29)26-16(11-13-5-3-2-4-6-13)21(31)25-15(7-8-18(24)28)20(30)27-17(12-34)22(32)33/h2-6,14-17,34H,7-12,23H2,1H3,(H2,24,28)(H,25,31)(H,26,29)(H,27,30)(H,32,33). The topological polar surface area (TPSA) is 194 Å². The van der Waals surface area contributed by atoms with Crippen molar-refractivity contribution in [2.45, 2.75) is 49.9 Å². The molecule has 13 heteroatoms. The highest BCUT2D eigenvalue weighted by atomic mass is 32.2. The van der Waals surface area contributed by atoms with Crippen LogP contribution in [0.25, 0.3) is 0 Å². The number of amides is 4. The lowest BCUT2D eigenvalue weighted by atomic mass is 10.0. The number of primary amides is 1. The number of benzene rings is 1. The summed E-state index contributed by atoms with van der Waals surface area (Å²) < 4.78 is 0. The van der Waals surface area contributed by atoms with E-state index in [1.54, 1.807) is 30.3 Å². The summed E-state index contributed by atoms with van der Waals surface area (Å²) in [5.41, 5.74) is 11.9. The van der Waals surface area contributed by atoms with E-state index in [1.165, 1.54) is 11.8 Å². The number of carboxylic acids is 1. The highest BCUT2D eigenvalue weighted by molar-refractivity contribution is 7.98. The van der Waals surface area contributed by atoms with Crippen LogP contribution in [0.1, 0.15) is 24.8 Å². The van der Waals surface area contributed by atoms with E-state index in [0.29, 0.717) is 12.2 Å². The minimum absolute atomic E-state index is 0.117. The van der Waals surface area contributed by atoms with Crippen LogP contribution < -0.4 is 27.4 Å². The van der Waals surface area contributed by atoms with Crippen LogP contribution in [0.3, 0.4) is 0 Å². The van der Waals surface area contributed by atoms with Gasteiger partial charge >= 0.3 is 5.97 Å². The van der Waals surface area contributed by atoms with Gasteiger partial charge in [0, 0.05) is 18.6 Å². The Morgan fingerprint density at radius 3 is 2.06 bits per heavy atom. The molecule has 194 valence electrons. The van der Waals surface area contributed by atoms with Crippen LogP contribution >= 0.6 is 24.4 Å². The van der Waals surface area contributed by atoms with E-state index in [2.05, 4.69) is 28.6 Å². The van der Waals surface area contributed by atoms with E-state index in [4.69, 9.17) is 11.5 Å². The average Bonchev–Trinajstić information content (AvgIpc) is 2.82. The van der Waals surface area contributed by atoms with E-state index < -0.39 is 53.8 Å². The van der Waals surface area contributed by atoms with Crippen molar-refractivity contribution < 1.29 is 29.1 Å². The monoisotopic (exact) mass is 527 g/mol. The zero-order valence-corrected chi connectivity index (χ0v) is 21.1. The van der Waals surface area contributed by atoms with Gasteiger partial charge in [0.25, 0.3) is 0 Å². The number of thiol groups is 1. The van der Waals surface area contributed by atoms with Crippen LogP contribution in [0.15, 0.2) is 30.3 Å². The third-order valence-corrected chi connectivity index (χ3v) is 6.00. The molecule has 0 bridgehead atoms. The Balaban J connectivity index is 3.07. The summed E-state index contributed by atoms with van der Waals surface area (Å²) in [5, 5.41) is 16.6. The van der Waals surface area contributed by atoms with Gasteiger partial charge in [-0.05, 0) is 30.4 Å². The molecular formula is C22H33N5O6S2. The summed E-state index contributed by atoms with van der Waals surface area (Å²) >= 11 is 5.44.